The molecule has 0 aliphatic heterocycles. The lowest BCUT2D eigenvalue weighted by Gasteiger charge is -2.10. The van der Waals surface area contributed by atoms with Crippen molar-refractivity contribution in [2.75, 3.05) is 5.32 Å². The highest BCUT2D eigenvalue weighted by atomic mass is 32.1. The number of nitrogens with one attached hydrogen (secondary N) is 1. The summed E-state index contributed by atoms with van der Waals surface area (Å²) in [5, 5.41) is 4.43. The van der Waals surface area contributed by atoms with Crippen molar-refractivity contribution in [2.24, 2.45) is 0 Å². The first kappa shape index (κ1) is 17.8. The van der Waals surface area contributed by atoms with E-state index >= 15 is 0 Å². The summed E-state index contributed by atoms with van der Waals surface area (Å²) in [6, 6.07) is 20.0. The minimum absolute atomic E-state index is 0.127. The van der Waals surface area contributed by atoms with Gasteiger partial charge in [0.1, 0.15) is 5.69 Å². The van der Waals surface area contributed by atoms with Gasteiger partial charge in [-0.05, 0) is 30.5 Å². The van der Waals surface area contributed by atoms with Crippen LogP contribution in [0.15, 0.2) is 60.7 Å². The Hall–Kier alpha value is -3.25. The number of hydrogen-bond acceptors (Lipinski definition) is 4. The zero-order valence-corrected chi connectivity index (χ0v) is 16.5. The molecule has 0 saturated carbocycles. The van der Waals surface area contributed by atoms with Gasteiger partial charge < -0.3 is 4.57 Å². The van der Waals surface area contributed by atoms with E-state index in [2.05, 4.69) is 22.4 Å². The Labute approximate surface area is 172 Å². The molecule has 0 bridgehead atoms. The van der Waals surface area contributed by atoms with E-state index in [-0.39, 0.29) is 11.7 Å². The van der Waals surface area contributed by atoms with E-state index in [0.717, 1.165) is 35.0 Å². The molecule has 5 rings (SSSR count). The van der Waals surface area contributed by atoms with Crippen LogP contribution in [0.5, 0.6) is 0 Å². The van der Waals surface area contributed by atoms with Gasteiger partial charge in [0, 0.05) is 23.9 Å². The maximum Gasteiger partial charge on any atom is 0.274 e. The molecule has 2 aromatic heterocycles. The lowest BCUT2D eigenvalue weighted by Crippen LogP contribution is -2.17. The third-order valence-electron chi connectivity index (χ3n) is 5.22. The number of para-hydroxylation sites is 1. The van der Waals surface area contributed by atoms with Gasteiger partial charge in [-0.1, -0.05) is 59.9 Å². The van der Waals surface area contributed by atoms with Crippen molar-refractivity contribution in [3.63, 3.8) is 0 Å². The lowest BCUT2D eigenvalue weighted by atomic mass is 10.0. The molecule has 2 heterocycles. The molecule has 0 atom stereocenters. The van der Waals surface area contributed by atoms with Crippen molar-refractivity contribution >= 4 is 39.1 Å². The predicted octanol–water partition coefficient (Wildman–Crippen LogP) is 4.92. The summed E-state index contributed by atoms with van der Waals surface area (Å²) in [6.45, 7) is 0.601. The highest BCUT2D eigenvalue weighted by Gasteiger charge is 2.24. The van der Waals surface area contributed by atoms with Crippen molar-refractivity contribution in [3.8, 4) is 0 Å². The number of amides is 1. The molecule has 1 amide bonds. The van der Waals surface area contributed by atoms with Crippen LogP contribution in [0.1, 0.15) is 44.3 Å². The number of aryl methyl sites for hydroxylation is 1. The summed E-state index contributed by atoms with van der Waals surface area (Å²) in [7, 11) is 0. The minimum Gasteiger partial charge on any atom is -0.332 e. The quantitative estimate of drug-likeness (QED) is 0.528. The Balaban J connectivity index is 1.50. The summed E-state index contributed by atoms with van der Waals surface area (Å²) in [5.41, 5.74) is 3.52. The molecule has 2 aromatic carbocycles. The van der Waals surface area contributed by atoms with E-state index in [1.54, 1.807) is 0 Å². The molecule has 0 unspecified atom stereocenters. The molecule has 0 saturated heterocycles. The number of benzene rings is 2. The Morgan fingerprint density at radius 3 is 2.69 bits per heavy atom. The number of nitrogens with zero attached hydrogens (tertiary/aromatic N) is 2. The van der Waals surface area contributed by atoms with Crippen LogP contribution in [-0.4, -0.2) is 21.2 Å². The summed E-state index contributed by atoms with van der Waals surface area (Å²) >= 11 is 1.28. The van der Waals surface area contributed by atoms with Gasteiger partial charge in [-0.15, -0.1) is 0 Å². The number of hydrogen-bond donors (Lipinski definition) is 1. The summed E-state index contributed by atoms with van der Waals surface area (Å²) in [4.78, 5) is 30.4. The predicted molar refractivity (Wildman–Crippen MR) is 115 cm³/mol. The molecular formula is C23H19N3O2S. The molecule has 1 aliphatic carbocycles. The van der Waals surface area contributed by atoms with Crippen LogP contribution in [0.4, 0.5) is 5.13 Å². The zero-order valence-electron chi connectivity index (χ0n) is 15.7. The second-order valence-corrected chi connectivity index (χ2v) is 8.18. The number of fused-ring (bicyclic) bond motifs is 2. The van der Waals surface area contributed by atoms with E-state index in [1.165, 1.54) is 11.3 Å². The number of Topliss-reactive ketones (excluding diaryl/α,β-unsaturated/α-hetero) is 1. The molecule has 0 spiro atoms. The molecular weight excluding hydrogens is 382 g/mol. The minimum atomic E-state index is -0.212. The molecule has 0 fully saturated rings. The van der Waals surface area contributed by atoms with Crippen LogP contribution in [0, 0.1) is 0 Å². The standard InChI is InChI=1S/C23H19N3O2S/c27-20-12-6-10-17-21(20)29-23(24-17)25-22(28)19-13-16-9-4-5-11-18(16)26(19)14-15-7-2-1-3-8-15/h1-5,7-9,11,13H,6,10,12,14H2,(H,24,25,28). The van der Waals surface area contributed by atoms with Crippen LogP contribution in [0.25, 0.3) is 10.9 Å². The first-order chi connectivity index (χ1) is 14.2. The highest BCUT2D eigenvalue weighted by molar-refractivity contribution is 7.17. The molecule has 1 aliphatic rings. The van der Waals surface area contributed by atoms with Crippen molar-refractivity contribution in [3.05, 3.63) is 82.5 Å². The van der Waals surface area contributed by atoms with Gasteiger partial charge >= 0.3 is 0 Å². The van der Waals surface area contributed by atoms with Gasteiger partial charge in [0.25, 0.3) is 5.91 Å². The number of thiazole rings is 1. The maximum absolute atomic E-state index is 13.1. The maximum atomic E-state index is 13.1. The fourth-order valence-corrected chi connectivity index (χ4v) is 4.79. The molecule has 5 nitrogen and oxygen atoms in total. The van der Waals surface area contributed by atoms with Gasteiger partial charge in [-0.25, -0.2) is 4.98 Å². The van der Waals surface area contributed by atoms with Crippen molar-refractivity contribution in [1.29, 1.82) is 0 Å². The van der Waals surface area contributed by atoms with Gasteiger partial charge in [0.15, 0.2) is 10.9 Å². The Morgan fingerprint density at radius 2 is 1.86 bits per heavy atom. The van der Waals surface area contributed by atoms with Crippen LogP contribution < -0.4 is 5.32 Å². The van der Waals surface area contributed by atoms with Gasteiger partial charge in [-0.3, -0.25) is 14.9 Å². The topological polar surface area (TPSA) is 64.0 Å². The van der Waals surface area contributed by atoms with Gasteiger partial charge in [0.2, 0.25) is 0 Å². The first-order valence-corrected chi connectivity index (χ1v) is 10.5. The van der Waals surface area contributed by atoms with E-state index in [1.807, 2.05) is 53.1 Å². The highest BCUT2D eigenvalue weighted by Crippen LogP contribution is 2.30. The number of aromatic nitrogens is 2. The second-order valence-electron chi connectivity index (χ2n) is 7.19. The average molecular weight is 401 g/mol. The molecule has 144 valence electrons. The Morgan fingerprint density at radius 1 is 1.07 bits per heavy atom. The summed E-state index contributed by atoms with van der Waals surface area (Å²) in [6.07, 6.45) is 2.18. The molecule has 6 heteroatoms. The van der Waals surface area contributed by atoms with Crippen LogP contribution >= 0.6 is 11.3 Å². The zero-order chi connectivity index (χ0) is 19.8. The number of carbonyl (C=O) groups excluding carboxylic acids is 2. The van der Waals surface area contributed by atoms with Gasteiger partial charge in [0.05, 0.1) is 10.6 Å². The van der Waals surface area contributed by atoms with E-state index in [0.29, 0.717) is 28.7 Å². The second kappa shape index (κ2) is 7.29. The van der Waals surface area contributed by atoms with Crippen molar-refractivity contribution < 1.29 is 9.59 Å². The number of rotatable bonds is 4. The molecule has 1 N–H and O–H groups in total. The third kappa shape index (κ3) is 3.36. The largest absolute Gasteiger partial charge is 0.332 e. The van der Waals surface area contributed by atoms with E-state index < -0.39 is 0 Å². The van der Waals surface area contributed by atoms with Crippen molar-refractivity contribution in [1.82, 2.24) is 9.55 Å². The fraction of sp³-hybridized carbons (Fsp3) is 0.174. The number of carbonyl (C=O) groups is 2. The third-order valence-corrected chi connectivity index (χ3v) is 6.27. The average Bonchev–Trinajstić information content (AvgIpc) is 3.31. The van der Waals surface area contributed by atoms with E-state index in [4.69, 9.17) is 0 Å². The van der Waals surface area contributed by atoms with E-state index in [9.17, 15) is 9.59 Å². The molecule has 29 heavy (non-hydrogen) atoms. The monoisotopic (exact) mass is 401 g/mol. The van der Waals surface area contributed by atoms with Crippen molar-refractivity contribution in [2.45, 2.75) is 25.8 Å². The van der Waals surface area contributed by atoms with Crippen LogP contribution in [0.2, 0.25) is 0 Å². The fourth-order valence-electron chi connectivity index (χ4n) is 3.82. The summed E-state index contributed by atoms with van der Waals surface area (Å²) < 4.78 is 2.03. The first-order valence-electron chi connectivity index (χ1n) is 9.65. The molecule has 4 aromatic rings. The lowest BCUT2D eigenvalue weighted by molar-refractivity contribution is 0.0974. The number of ketones is 1. The smallest absolute Gasteiger partial charge is 0.274 e. The van der Waals surface area contributed by atoms with Gasteiger partial charge in [-0.2, -0.15) is 0 Å². The number of anilines is 1. The van der Waals surface area contributed by atoms with Crippen LogP contribution in [0.3, 0.4) is 0 Å². The Kier molecular flexibility index (Phi) is 4.48. The van der Waals surface area contributed by atoms with Crippen LogP contribution in [-0.2, 0) is 13.0 Å². The SMILES string of the molecule is O=C1CCCc2nc(NC(=O)c3cc4ccccc4n3Cc3ccccc3)sc21. The molecule has 0 radical (unpaired) electrons. The summed E-state index contributed by atoms with van der Waals surface area (Å²) in [5.74, 6) is -0.0851. The normalized spacial score (nSPS) is 13.4. The Bertz CT molecular complexity index is 1220.